The molecule has 1 amide bonds. The zero-order valence-electron chi connectivity index (χ0n) is 15.0. The van der Waals surface area contributed by atoms with Crippen molar-refractivity contribution in [1.82, 2.24) is 10.6 Å². The van der Waals surface area contributed by atoms with Gasteiger partial charge in [-0.15, -0.1) is 24.0 Å². The van der Waals surface area contributed by atoms with E-state index in [4.69, 9.17) is 4.42 Å². The number of aliphatic imine (C=N–C) groups is 1. The molecule has 2 unspecified atom stereocenters. The number of carbonyl (C=O) groups excluding carboxylic acids is 1. The van der Waals surface area contributed by atoms with E-state index in [9.17, 15) is 4.79 Å². The average molecular weight is 468 g/mol. The van der Waals surface area contributed by atoms with Gasteiger partial charge in [-0.1, -0.05) is 19.1 Å². The van der Waals surface area contributed by atoms with Gasteiger partial charge in [-0.25, -0.2) is 4.99 Å². The fraction of sp³-hybridized carbons (Fsp3) is 0.368. The fourth-order valence-electron chi connectivity index (χ4n) is 2.54. The molecule has 1 aliphatic carbocycles. The van der Waals surface area contributed by atoms with E-state index in [1.807, 2.05) is 24.3 Å². The summed E-state index contributed by atoms with van der Waals surface area (Å²) in [7, 11) is 0. The lowest BCUT2D eigenvalue weighted by Gasteiger charge is -2.11. The minimum Gasteiger partial charge on any atom is -0.459 e. The first kappa shape index (κ1) is 20.3. The Morgan fingerprint density at radius 2 is 2.12 bits per heavy atom. The topological polar surface area (TPSA) is 78.7 Å². The van der Waals surface area contributed by atoms with Crippen molar-refractivity contribution in [2.24, 2.45) is 10.9 Å². The van der Waals surface area contributed by atoms with Crippen molar-refractivity contribution in [2.75, 3.05) is 11.9 Å². The predicted octanol–water partition coefficient (Wildman–Crippen LogP) is 3.61. The highest BCUT2D eigenvalue weighted by Crippen LogP contribution is 2.28. The Morgan fingerprint density at radius 3 is 2.77 bits per heavy atom. The molecule has 0 bridgehead atoms. The molecule has 140 valence electrons. The Bertz CT molecular complexity index is 746. The molecule has 0 aliphatic heterocycles. The van der Waals surface area contributed by atoms with Crippen LogP contribution in [0.15, 0.2) is 52.1 Å². The summed E-state index contributed by atoms with van der Waals surface area (Å²) in [4.78, 5) is 16.7. The number of hydrogen-bond acceptors (Lipinski definition) is 3. The average Bonchev–Trinajstić information content (AvgIpc) is 3.07. The third-order valence-corrected chi connectivity index (χ3v) is 4.13. The largest absolute Gasteiger partial charge is 0.459 e. The Kier molecular flexibility index (Phi) is 7.50. The van der Waals surface area contributed by atoms with Crippen LogP contribution in [0.2, 0.25) is 0 Å². The number of anilines is 1. The normalized spacial score (nSPS) is 18.6. The van der Waals surface area contributed by atoms with Crippen molar-refractivity contribution in [3.63, 3.8) is 0 Å². The Hall–Kier alpha value is -2.03. The molecule has 7 heteroatoms. The summed E-state index contributed by atoms with van der Waals surface area (Å²) >= 11 is 0. The van der Waals surface area contributed by atoms with Crippen molar-refractivity contribution >= 4 is 41.5 Å². The van der Waals surface area contributed by atoms with Crippen LogP contribution in [0.5, 0.6) is 0 Å². The van der Waals surface area contributed by atoms with Crippen LogP contribution in [-0.4, -0.2) is 24.5 Å². The van der Waals surface area contributed by atoms with Crippen LogP contribution in [0.3, 0.4) is 0 Å². The van der Waals surface area contributed by atoms with Crippen LogP contribution in [0.25, 0.3) is 0 Å². The SMILES string of the molecule is CCNC(=NCc1cccc(NC(=O)c2ccco2)c1)NC1CC1C.I. The van der Waals surface area contributed by atoms with Gasteiger partial charge in [0.2, 0.25) is 0 Å². The summed E-state index contributed by atoms with van der Waals surface area (Å²) in [5.74, 6) is 1.58. The number of amides is 1. The number of nitrogens with zero attached hydrogens (tertiary/aromatic N) is 1. The predicted molar refractivity (Wildman–Crippen MR) is 114 cm³/mol. The minimum absolute atomic E-state index is 0. The highest BCUT2D eigenvalue weighted by Gasteiger charge is 2.33. The second-order valence-corrected chi connectivity index (χ2v) is 6.29. The second kappa shape index (κ2) is 9.61. The van der Waals surface area contributed by atoms with E-state index in [1.165, 1.54) is 12.7 Å². The van der Waals surface area contributed by atoms with E-state index in [0.29, 0.717) is 24.3 Å². The molecule has 2 aromatic rings. The molecule has 0 saturated heterocycles. The van der Waals surface area contributed by atoms with Gasteiger partial charge in [0, 0.05) is 18.3 Å². The van der Waals surface area contributed by atoms with Gasteiger partial charge in [0.15, 0.2) is 11.7 Å². The Labute approximate surface area is 170 Å². The second-order valence-electron chi connectivity index (χ2n) is 6.29. The number of halogens is 1. The Balaban J connectivity index is 0.00000243. The molecule has 2 atom stereocenters. The lowest BCUT2D eigenvalue weighted by Crippen LogP contribution is -2.39. The highest BCUT2D eigenvalue weighted by atomic mass is 127. The lowest BCUT2D eigenvalue weighted by molar-refractivity contribution is 0.0996. The minimum atomic E-state index is -0.261. The summed E-state index contributed by atoms with van der Waals surface area (Å²) in [6, 6.07) is 11.5. The first-order chi connectivity index (χ1) is 12.2. The van der Waals surface area contributed by atoms with Crippen molar-refractivity contribution in [2.45, 2.75) is 32.9 Å². The molecular formula is C19H25IN4O2. The third-order valence-electron chi connectivity index (χ3n) is 4.13. The molecule has 1 heterocycles. The smallest absolute Gasteiger partial charge is 0.291 e. The van der Waals surface area contributed by atoms with Gasteiger partial charge in [-0.2, -0.15) is 0 Å². The van der Waals surface area contributed by atoms with Crippen LogP contribution in [0.1, 0.15) is 36.4 Å². The van der Waals surface area contributed by atoms with E-state index in [0.717, 1.165) is 23.8 Å². The number of furan rings is 1. The van der Waals surface area contributed by atoms with Crippen molar-refractivity contribution in [1.29, 1.82) is 0 Å². The van der Waals surface area contributed by atoms with Crippen LogP contribution in [0, 0.1) is 5.92 Å². The number of benzene rings is 1. The van der Waals surface area contributed by atoms with Gasteiger partial charge in [-0.05, 0) is 49.1 Å². The number of guanidine groups is 1. The standard InChI is InChI=1S/C19H24N4O2.HI/c1-3-20-19(23-16-10-13(16)2)21-12-14-6-4-7-15(11-14)22-18(24)17-8-5-9-25-17;/h4-9,11,13,16H,3,10,12H2,1-2H3,(H,22,24)(H2,20,21,23);1H. The third kappa shape index (κ3) is 5.76. The van der Waals surface area contributed by atoms with E-state index in [2.05, 4.69) is 34.8 Å². The van der Waals surface area contributed by atoms with Crippen molar-refractivity contribution in [3.8, 4) is 0 Å². The molecule has 1 aromatic carbocycles. The molecule has 0 radical (unpaired) electrons. The van der Waals surface area contributed by atoms with Crippen molar-refractivity contribution in [3.05, 3.63) is 54.0 Å². The highest BCUT2D eigenvalue weighted by molar-refractivity contribution is 14.0. The Morgan fingerprint density at radius 1 is 1.31 bits per heavy atom. The molecule has 26 heavy (non-hydrogen) atoms. The number of nitrogens with one attached hydrogen (secondary N) is 3. The van der Waals surface area contributed by atoms with Crippen LogP contribution in [-0.2, 0) is 6.54 Å². The number of rotatable bonds is 6. The number of carbonyl (C=O) groups is 1. The molecule has 1 aromatic heterocycles. The van der Waals surface area contributed by atoms with Crippen LogP contribution < -0.4 is 16.0 Å². The molecule has 0 spiro atoms. The van der Waals surface area contributed by atoms with E-state index >= 15 is 0 Å². The molecule has 3 N–H and O–H groups in total. The maximum absolute atomic E-state index is 12.0. The van der Waals surface area contributed by atoms with Gasteiger partial charge in [0.25, 0.3) is 5.91 Å². The summed E-state index contributed by atoms with van der Waals surface area (Å²) in [6.07, 6.45) is 2.68. The van der Waals surface area contributed by atoms with E-state index in [1.54, 1.807) is 12.1 Å². The monoisotopic (exact) mass is 468 g/mol. The quantitative estimate of drug-likeness (QED) is 0.344. The van der Waals surface area contributed by atoms with Gasteiger partial charge < -0.3 is 20.4 Å². The number of hydrogen-bond donors (Lipinski definition) is 3. The van der Waals surface area contributed by atoms with Crippen LogP contribution in [0.4, 0.5) is 5.69 Å². The fourth-order valence-corrected chi connectivity index (χ4v) is 2.54. The lowest BCUT2D eigenvalue weighted by atomic mass is 10.2. The van der Waals surface area contributed by atoms with Gasteiger partial charge in [0.1, 0.15) is 0 Å². The molecule has 1 saturated carbocycles. The summed E-state index contributed by atoms with van der Waals surface area (Å²) in [5.41, 5.74) is 1.75. The molecule has 1 fully saturated rings. The van der Waals surface area contributed by atoms with Crippen LogP contribution >= 0.6 is 24.0 Å². The molecular weight excluding hydrogens is 443 g/mol. The molecule has 6 nitrogen and oxygen atoms in total. The van der Waals surface area contributed by atoms with Gasteiger partial charge in [0.05, 0.1) is 12.8 Å². The molecule has 3 rings (SSSR count). The summed E-state index contributed by atoms with van der Waals surface area (Å²) < 4.78 is 5.10. The summed E-state index contributed by atoms with van der Waals surface area (Å²) in [6.45, 7) is 5.65. The van der Waals surface area contributed by atoms with E-state index in [-0.39, 0.29) is 29.9 Å². The van der Waals surface area contributed by atoms with E-state index < -0.39 is 0 Å². The first-order valence-electron chi connectivity index (χ1n) is 8.64. The zero-order valence-corrected chi connectivity index (χ0v) is 17.3. The maximum Gasteiger partial charge on any atom is 0.291 e. The van der Waals surface area contributed by atoms with Gasteiger partial charge >= 0.3 is 0 Å². The first-order valence-corrected chi connectivity index (χ1v) is 8.64. The van der Waals surface area contributed by atoms with Crippen molar-refractivity contribution < 1.29 is 9.21 Å². The maximum atomic E-state index is 12.0. The summed E-state index contributed by atoms with van der Waals surface area (Å²) in [5, 5.41) is 9.53. The molecule has 1 aliphatic rings. The van der Waals surface area contributed by atoms with Gasteiger partial charge in [-0.3, -0.25) is 4.79 Å². The zero-order chi connectivity index (χ0) is 17.6.